The predicted octanol–water partition coefficient (Wildman–Crippen LogP) is 3.38. The molecule has 4 aromatic heterocycles. The molecule has 0 aliphatic carbocycles. The van der Waals surface area contributed by atoms with Crippen molar-refractivity contribution in [3.8, 4) is 17.0 Å². The fourth-order valence-corrected chi connectivity index (χ4v) is 6.91. The van der Waals surface area contributed by atoms with Gasteiger partial charge in [0.15, 0.2) is 0 Å². The van der Waals surface area contributed by atoms with Gasteiger partial charge in [-0.25, -0.2) is 22.4 Å². The molecule has 6 rings (SSSR count). The largest absolute Gasteiger partial charge is 0.489 e. The predicted molar refractivity (Wildman–Crippen MR) is 166 cm³/mol. The van der Waals surface area contributed by atoms with E-state index in [1.54, 1.807) is 29.9 Å². The quantitative estimate of drug-likeness (QED) is 0.225. The Morgan fingerprint density at radius 3 is 2.74 bits per heavy atom. The average Bonchev–Trinajstić information content (AvgIpc) is 3.78. The lowest BCUT2D eigenvalue weighted by atomic mass is 10.1. The van der Waals surface area contributed by atoms with Gasteiger partial charge in [-0.3, -0.25) is 9.36 Å². The number of aryl methyl sites for hydroxylation is 1. The molecule has 1 aliphatic rings. The summed E-state index contributed by atoms with van der Waals surface area (Å²) in [5.74, 6) is 0.868. The summed E-state index contributed by atoms with van der Waals surface area (Å²) >= 11 is 1.44. The number of anilines is 2. The summed E-state index contributed by atoms with van der Waals surface area (Å²) in [5, 5.41) is 7.10. The number of nitrogens with one attached hydrogen (secondary N) is 2. The van der Waals surface area contributed by atoms with Crippen molar-refractivity contribution in [3.05, 3.63) is 81.3 Å². The van der Waals surface area contributed by atoms with E-state index in [1.807, 2.05) is 31.2 Å². The van der Waals surface area contributed by atoms with Gasteiger partial charge in [-0.2, -0.15) is 4.98 Å². The van der Waals surface area contributed by atoms with E-state index in [9.17, 15) is 13.2 Å². The summed E-state index contributed by atoms with van der Waals surface area (Å²) in [5.41, 5.74) is 3.84. The molecule has 0 radical (unpaired) electrons. The van der Waals surface area contributed by atoms with Crippen LogP contribution in [0, 0.1) is 6.92 Å². The molecule has 224 valence electrons. The molecule has 1 unspecified atom stereocenters. The van der Waals surface area contributed by atoms with E-state index in [0.717, 1.165) is 35.8 Å². The summed E-state index contributed by atoms with van der Waals surface area (Å²) < 4.78 is 39.7. The van der Waals surface area contributed by atoms with E-state index >= 15 is 0 Å². The van der Waals surface area contributed by atoms with Gasteiger partial charge in [0.05, 0.1) is 41.4 Å². The highest BCUT2D eigenvalue weighted by molar-refractivity contribution is 7.89. The Hall–Kier alpha value is -4.11. The first-order chi connectivity index (χ1) is 20.8. The van der Waals surface area contributed by atoms with Crippen molar-refractivity contribution in [2.24, 2.45) is 0 Å². The smallest absolute Gasteiger partial charge is 0.262 e. The van der Waals surface area contributed by atoms with E-state index in [1.165, 1.54) is 33.2 Å². The monoisotopic (exact) mass is 621 g/mol. The molecule has 0 bridgehead atoms. The SMILES string of the molecule is COCCS(=O)(=O)n1cccc1Cn1c(=O)c(-c2ncsc2C)cc2cnc(Nc3ccc(OC4CCNC4)cc3)nc21. The lowest BCUT2D eigenvalue weighted by Gasteiger charge is -2.15. The molecule has 12 nitrogen and oxygen atoms in total. The molecular weight excluding hydrogens is 590 g/mol. The Morgan fingerprint density at radius 2 is 2.02 bits per heavy atom. The highest BCUT2D eigenvalue weighted by Gasteiger charge is 2.21. The number of fused-ring (bicyclic) bond motifs is 1. The van der Waals surface area contributed by atoms with Crippen molar-refractivity contribution in [2.75, 3.05) is 37.9 Å². The Labute approximate surface area is 252 Å². The maximum atomic E-state index is 14.0. The van der Waals surface area contributed by atoms with Gasteiger partial charge in [-0.15, -0.1) is 11.3 Å². The number of thiazole rings is 1. The standard InChI is InChI=1S/C29H31N7O5S2/c1-19-26(32-18-42-19)25-14-20-15-31-29(33-21-5-7-23(8-6-21)41-24-9-10-30-16-24)34-27(20)35(28(25)37)17-22-4-3-11-36(22)43(38,39)13-12-40-2/h3-8,11,14-15,18,24,30H,9-10,12-13,16-17H2,1-2H3,(H,31,33,34). The molecule has 1 aromatic carbocycles. The van der Waals surface area contributed by atoms with E-state index in [4.69, 9.17) is 14.5 Å². The molecule has 5 aromatic rings. The topological polar surface area (TPSA) is 142 Å². The second kappa shape index (κ2) is 12.2. The molecule has 0 saturated carbocycles. The average molecular weight is 622 g/mol. The zero-order chi connectivity index (χ0) is 30.0. The Kier molecular flexibility index (Phi) is 8.25. The minimum absolute atomic E-state index is 0.0376. The Morgan fingerprint density at radius 1 is 1.19 bits per heavy atom. The van der Waals surface area contributed by atoms with Gasteiger partial charge in [0, 0.05) is 42.0 Å². The van der Waals surface area contributed by atoms with Crippen LogP contribution >= 0.6 is 11.3 Å². The molecule has 1 fully saturated rings. The maximum Gasteiger partial charge on any atom is 0.262 e. The van der Waals surface area contributed by atoms with Gasteiger partial charge in [0.25, 0.3) is 5.56 Å². The molecule has 1 aliphatic heterocycles. The second-order valence-corrected chi connectivity index (χ2v) is 13.2. The normalized spacial score (nSPS) is 15.3. The highest BCUT2D eigenvalue weighted by Crippen LogP contribution is 2.26. The van der Waals surface area contributed by atoms with E-state index < -0.39 is 10.0 Å². The van der Waals surface area contributed by atoms with Crippen LogP contribution in [-0.2, 0) is 21.3 Å². The van der Waals surface area contributed by atoms with Crippen LogP contribution in [0.1, 0.15) is 17.0 Å². The third-order valence-corrected chi connectivity index (χ3v) is 9.61. The molecule has 0 amide bonds. The van der Waals surface area contributed by atoms with Crippen molar-refractivity contribution >= 4 is 44.0 Å². The first-order valence-electron chi connectivity index (χ1n) is 13.8. The van der Waals surface area contributed by atoms with Crippen LogP contribution in [0.25, 0.3) is 22.3 Å². The van der Waals surface area contributed by atoms with Crippen LogP contribution in [0.15, 0.2) is 65.2 Å². The zero-order valence-corrected chi connectivity index (χ0v) is 25.3. The van der Waals surface area contributed by atoms with Crippen molar-refractivity contribution in [2.45, 2.75) is 26.0 Å². The highest BCUT2D eigenvalue weighted by atomic mass is 32.2. The van der Waals surface area contributed by atoms with Crippen molar-refractivity contribution < 1.29 is 17.9 Å². The molecule has 0 spiro atoms. The first-order valence-corrected chi connectivity index (χ1v) is 16.3. The minimum Gasteiger partial charge on any atom is -0.489 e. The Balaban J connectivity index is 1.37. The number of aromatic nitrogens is 5. The fourth-order valence-electron chi connectivity index (χ4n) is 5.01. The van der Waals surface area contributed by atoms with Gasteiger partial charge in [0.2, 0.25) is 16.0 Å². The lowest BCUT2D eigenvalue weighted by Crippen LogP contribution is -2.27. The number of hydrogen-bond donors (Lipinski definition) is 2. The van der Waals surface area contributed by atoms with Crippen molar-refractivity contribution in [3.63, 3.8) is 0 Å². The fraction of sp³-hybridized carbons (Fsp3) is 0.310. The number of nitrogens with zero attached hydrogens (tertiary/aromatic N) is 5. The molecule has 5 heterocycles. The van der Waals surface area contributed by atoms with E-state index in [0.29, 0.717) is 28.0 Å². The Bertz CT molecular complexity index is 1910. The minimum atomic E-state index is -3.71. The molecule has 43 heavy (non-hydrogen) atoms. The third kappa shape index (κ3) is 6.18. The van der Waals surface area contributed by atoms with Gasteiger partial charge < -0.3 is 20.1 Å². The number of methoxy groups -OCH3 is 1. The lowest BCUT2D eigenvalue weighted by molar-refractivity contribution is 0.217. The third-order valence-electron chi connectivity index (χ3n) is 7.21. The second-order valence-electron chi connectivity index (χ2n) is 10.2. The van der Waals surface area contributed by atoms with Gasteiger partial charge in [-0.05, 0) is 62.4 Å². The van der Waals surface area contributed by atoms with Gasteiger partial charge >= 0.3 is 0 Å². The molecule has 1 saturated heterocycles. The zero-order valence-electron chi connectivity index (χ0n) is 23.7. The summed E-state index contributed by atoms with van der Waals surface area (Å²) in [4.78, 5) is 28.5. The number of rotatable bonds is 11. The van der Waals surface area contributed by atoms with Crippen LogP contribution in [0.3, 0.4) is 0 Å². The number of pyridine rings is 1. The van der Waals surface area contributed by atoms with Crippen molar-refractivity contribution in [1.29, 1.82) is 0 Å². The van der Waals surface area contributed by atoms with Crippen LogP contribution < -0.4 is 20.9 Å². The first kappa shape index (κ1) is 29.0. The maximum absolute atomic E-state index is 14.0. The number of hydrogen-bond acceptors (Lipinski definition) is 11. The van der Waals surface area contributed by atoms with Crippen LogP contribution in [0.5, 0.6) is 5.75 Å². The molecular formula is C29H31N7O5S2. The van der Waals surface area contributed by atoms with Gasteiger partial charge in [-0.1, -0.05) is 0 Å². The summed E-state index contributed by atoms with van der Waals surface area (Å²) in [6.45, 7) is 3.70. The van der Waals surface area contributed by atoms with Crippen LogP contribution in [-0.4, -0.2) is 70.6 Å². The number of ether oxygens (including phenoxy) is 2. The van der Waals surface area contributed by atoms with Crippen LogP contribution in [0.2, 0.25) is 0 Å². The summed E-state index contributed by atoms with van der Waals surface area (Å²) in [6, 6.07) is 12.6. The van der Waals surface area contributed by atoms with E-state index in [2.05, 4.69) is 20.6 Å². The molecule has 1 atom stereocenters. The van der Waals surface area contributed by atoms with Crippen molar-refractivity contribution in [1.82, 2.24) is 28.8 Å². The summed E-state index contributed by atoms with van der Waals surface area (Å²) in [7, 11) is -2.26. The molecule has 2 N–H and O–H groups in total. The van der Waals surface area contributed by atoms with Crippen LogP contribution in [0.4, 0.5) is 11.6 Å². The van der Waals surface area contributed by atoms with E-state index in [-0.39, 0.29) is 36.5 Å². The van der Waals surface area contributed by atoms with Gasteiger partial charge in [0.1, 0.15) is 17.5 Å². The summed E-state index contributed by atoms with van der Waals surface area (Å²) in [6.07, 6.45) is 4.25. The molecule has 14 heteroatoms. The number of benzene rings is 1.